The van der Waals surface area contributed by atoms with Crippen molar-refractivity contribution in [1.82, 2.24) is 4.98 Å². The Morgan fingerprint density at radius 1 is 1.44 bits per heavy atom. The van der Waals surface area contributed by atoms with Crippen LogP contribution in [0.3, 0.4) is 0 Å². The van der Waals surface area contributed by atoms with Gasteiger partial charge < -0.3 is 16.2 Å². The lowest BCUT2D eigenvalue weighted by atomic mass is 9.83. The lowest BCUT2D eigenvalue weighted by molar-refractivity contribution is 0.127. The summed E-state index contributed by atoms with van der Waals surface area (Å²) >= 11 is 0. The molecule has 0 aliphatic rings. The molecule has 0 atom stereocenters. The van der Waals surface area contributed by atoms with Gasteiger partial charge in [0.05, 0.1) is 6.61 Å². The molecule has 0 amide bonds. The molecular weight excluding hydrogens is 202 g/mol. The summed E-state index contributed by atoms with van der Waals surface area (Å²) in [5, 5.41) is 12.7. The van der Waals surface area contributed by atoms with E-state index in [9.17, 15) is 5.11 Å². The minimum Gasteiger partial charge on any atom is -0.396 e. The van der Waals surface area contributed by atoms with Crippen LogP contribution in [0.5, 0.6) is 0 Å². The summed E-state index contributed by atoms with van der Waals surface area (Å²) < 4.78 is 0. The summed E-state index contributed by atoms with van der Waals surface area (Å²) in [5.74, 6) is 0.507. The van der Waals surface area contributed by atoms with E-state index in [0.29, 0.717) is 5.82 Å². The van der Waals surface area contributed by atoms with Gasteiger partial charge >= 0.3 is 0 Å². The molecule has 4 heteroatoms. The number of nitrogen functional groups attached to an aromatic ring is 1. The molecule has 0 radical (unpaired) electrons. The van der Waals surface area contributed by atoms with Crippen LogP contribution in [0.1, 0.15) is 26.7 Å². The lowest BCUT2D eigenvalue weighted by Gasteiger charge is -2.30. The van der Waals surface area contributed by atoms with Crippen LogP contribution in [-0.2, 0) is 0 Å². The zero-order valence-electron chi connectivity index (χ0n) is 10.0. The maximum atomic E-state index is 9.43. The van der Waals surface area contributed by atoms with Gasteiger partial charge in [-0.05, 0) is 18.9 Å². The summed E-state index contributed by atoms with van der Waals surface area (Å²) in [4.78, 5) is 3.93. The number of nitrogens with two attached hydrogens (primary N) is 1. The summed E-state index contributed by atoms with van der Waals surface area (Å²) in [6, 6.07) is 3.68. The van der Waals surface area contributed by atoms with E-state index in [-0.39, 0.29) is 12.0 Å². The predicted molar refractivity (Wildman–Crippen MR) is 67.2 cm³/mol. The number of nitrogens with zero attached hydrogens (tertiary/aromatic N) is 1. The molecule has 1 heterocycles. The molecule has 0 unspecified atom stereocenters. The lowest BCUT2D eigenvalue weighted by Crippen LogP contribution is -2.32. The van der Waals surface area contributed by atoms with Crippen molar-refractivity contribution in [2.45, 2.75) is 26.7 Å². The van der Waals surface area contributed by atoms with E-state index in [1.807, 2.05) is 6.07 Å². The number of hydrogen-bond acceptors (Lipinski definition) is 4. The average Bonchev–Trinajstić information content (AvgIpc) is 2.32. The standard InChI is InChI=1S/C12H21N3O/c1-3-12(4-2,9-16)8-15-10-5-6-14-11(13)7-10/h5-7,16H,3-4,8-9H2,1-2H3,(H3,13,14,15). The minimum absolute atomic E-state index is 0.0436. The molecule has 0 fully saturated rings. The first-order chi connectivity index (χ1) is 7.65. The molecule has 1 aromatic heterocycles. The van der Waals surface area contributed by atoms with Crippen LogP contribution >= 0.6 is 0 Å². The average molecular weight is 223 g/mol. The number of aliphatic hydroxyl groups is 1. The summed E-state index contributed by atoms with van der Waals surface area (Å²) in [6.45, 7) is 5.15. The van der Waals surface area contributed by atoms with E-state index in [0.717, 1.165) is 25.1 Å². The van der Waals surface area contributed by atoms with E-state index in [2.05, 4.69) is 24.1 Å². The second-order valence-corrected chi connectivity index (χ2v) is 4.19. The molecule has 4 N–H and O–H groups in total. The summed E-state index contributed by atoms with van der Waals surface area (Å²) in [6.07, 6.45) is 3.58. The van der Waals surface area contributed by atoms with Crippen molar-refractivity contribution in [3.05, 3.63) is 18.3 Å². The molecule has 0 aromatic carbocycles. The number of aliphatic hydroxyl groups excluding tert-OH is 1. The number of anilines is 2. The Labute approximate surface area is 96.9 Å². The highest BCUT2D eigenvalue weighted by atomic mass is 16.3. The Hall–Kier alpha value is -1.29. The highest BCUT2D eigenvalue weighted by Gasteiger charge is 2.24. The Balaban J connectivity index is 2.62. The first-order valence-corrected chi connectivity index (χ1v) is 5.72. The van der Waals surface area contributed by atoms with Crippen LogP contribution in [0.15, 0.2) is 18.3 Å². The fourth-order valence-electron chi connectivity index (χ4n) is 1.63. The van der Waals surface area contributed by atoms with Gasteiger partial charge in [0.15, 0.2) is 0 Å². The number of rotatable bonds is 6. The number of aromatic nitrogens is 1. The van der Waals surface area contributed by atoms with Crippen molar-refractivity contribution < 1.29 is 5.11 Å². The van der Waals surface area contributed by atoms with Gasteiger partial charge in [0.1, 0.15) is 5.82 Å². The van der Waals surface area contributed by atoms with Gasteiger partial charge in [-0.1, -0.05) is 13.8 Å². The van der Waals surface area contributed by atoms with Gasteiger partial charge in [-0.15, -0.1) is 0 Å². The first-order valence-electron chi connectivity index (χ1n) is 5.72. The van der Waals surface area contributed by atoms with E-state index in [4.69, 9.17) is 5.73 Å². The number of pyridine rings is 1. The van der Waals surface area contributed by atoms with Gasteiger partial charge in [0, 0.05) is 29.9 Å². The Morgan fingerprint density at radius 2 is 2.12 bits per heavy atom. The molecule has 0 bridgehead atoms. The molecule has 4 nitrogen and oxygen atoms in total. The van der Waals surface area contributed by atoms with Gasteiger partial charge in [0.2, 0.25) is 0 Å². The van der Waals surface area contributed by atoms with Gasteiger partial charge in [-0.2, -0.15) is 0 Å². The smallest absolute Gasteiger partial charge is 0.125 e. The maximum absolute atomic E-state index is 9.43. The zero-order valence-corrected chi connectivity index (χ0v) is 10.0. The highest BCUT2D eigenvalue weighted by Crippen LogP contribution is 2.26. The fourth-order valence-corrected chi connectivity index (χ4v) is 1.63. The fraction of sp³-hybridized carbons (Fsp3) is 0.583. The molecule has 1 rings (SSSR count). The predicted octanol–water partition coefficient (Wildman–Crippen LogP) is 1.87. The van der Waals surface area contributed by atoms with Gasteiger partial charge in [-0.3, -0.25) is 0 Å². The zero-order chi connectivity index (χ0) is 12.0. The first kappa shape index (κ1) is 12.8. The maximum Gasteiger partial charge on any atom is 0.125 e. The van der Waals surface area contributed by atoms with Gasteiger partial charge in [-0.25, -0.2) is 4.98 Å². The topological polar surface area (TPSA) is 71.2 Å². The molecule has 0 spiro atoms. The number of hydrogen-bond donors (Lipinski definition) is 3. The molecule has 0 aliphatic heterocycles. The third-order valence-electron chi connectivity index (χ3n) is 3.28. The van der Waals surface area contributed by atoms with E-state index < -0.39 is 0 Å². The third-order valence-corrected chi connectivity index (χ3v) is 3.28. The molecule has 90 valence electrons. The van der Waals surface area contributed by atoms with Crippen LogP contribution in [0.2, 0.25) is 0 Å². The minimum atomic E-state index is -0.0436. The van der Waals surface area contributed by atoms with Crippen molar-refractivity contribution in [2.24, 2.45) is 5.41 Å². The van der Waals surface area contributed by atoms with Crippen LogP contribution in [0.25, 0.3) is 0 Å². The Bertz CT molecular complexity index is 316. The molecular formula is C12H21N3O. The van der Waals surface area contributed by atoms with E-state index in [1.54, 1.807) is 12.3 Å². The largest absolute Gasteiger partial charge is 0.396 e. The molecule has 16 heavy (non-hydrogen) atoms. The Kier molecular flexibility index (Phi) is 4.55. The highest BCUT2D eigenvalue weighted by molar-refractivity contribution is 5.49. The third kappa shape index (κ3) is 3.10. The van der Waals surface area contributed by atoms with Crippen LogP contribution in [0.4, 0.5) is 11.5 Å². The van der Waals surface area contributed by atoms with Crippen molar-refractivity contribution in [3.63, 3.8) is 0 Å². The van der Waals surface area contributed by atoms with Crippen LogP contribution in [-0.4, -0.2) is 23.2 Å². The molecule has 0 saturated carbocycles. The van der Waals surface area contributed by atoms with Crippen molar-refractivity contribution in [1.29, 1.82) is 0 Å². The quantitative estimate of drug-likeness (QED) is 0.688. The second kappa shape index (κ2) is 5.70. The van der Waals surface area contributed by atoms with Crippen LogP contribution < -0.4 is 11.1 Å². The van der Waals surface area contributed by atoms with Crippen molar-refractivity contribution in [2.75, 3.05) is 24.2 Å². The van der Waals surface area contributed by atoms with Crippen molar-refractivity contribution >= 4 is 11.5 Å². The van der Waals surface area contributed by atoms with Crippen molar-refractivity contribution in [3.8, 4) is 0 Å². The van der Waals surface area contributed by atoms with Gasteiger partial charge in [0.25, 0.3) is 0 Å². The summed E-state index contributed by atoms with van der Waals surface area (Å²) in [5.41, 5.74) is 6.50. The monoisotopic (exact) mass is 223 g/mol. The molecule has 1 aromatic rings. The molecule has 0 saturated heterocycles. The van der Waals surface area contributed by atoms with Crippen LogP contribution in [0, 0.1) is 5.41 Å². The summed E-state index contributed by atoms with van der Waals surface area (Å²) in [7, 11) is 0. The number of nitrogens with one attached hydrogen (secondary N) is 1. The van der Waals surface area contributed by atoms with E-state index >= 15 is 0 Å². The molecule has 0 aliphatic carbocycles. The SMILES string of the molecule is CCC(CC)(CO)CNc1ccnc(N)c1. The normalized spacial score (nSPS) is 11.4. The van der Waals surface area contributed by atoms with E-state index in [1.165, 1.54) is 0 Å². The Morgan fingerprint density at radius 3 is 2.62 bits per heavy atom. The second-order valence-electron chi connectivity index (χ2n) is 4.19.